The number of carbonyl (C=O) groups is 1. The minimum Gasteiger partial charge on any atom is -0.346 e. The van der Waals surface area contributed by atoms with E-state index in [9.17, 15) is 9.18 Å². The summed E-state index contributed by atoms with van der Waals surface area (Å²) in [7, 11) is 0. The fourth-order valence-corrected chi connectivity index (χ4v) is 1.58. The third kappa shape index (κ3) is 3.78. The Kier molecular flexibility index (Phi) is 4.72. The lowest BCUT2D eigenvalue weighted by Gasteiger charge is -2.29. The summed E-state index contributed by atoms with van der Waals surface area (Å²) in [6.45, 7) is 5.68. The van der Waals surface area contributed by atoms with Crippen molar-refractivity contribution in [2.24, 2.45) is 0 Å². The molecule has 17 heavy (non-hydrogen) atoms. The van der Waals surface area contributed by atoms with Crippen LogP contribution in [0.3, 0.4) is 0 Å². The van der Waals surface area contributed by atoms with Gasteiger partial charge in [0.05, 0.1) is 5.56 Å². The van der Waals surface area contributed by atoms with Gasteiger partial charge < -0.3 is 5.32 Å². The molecule has 0 aliphatic rings. The highest BCUT2D eigenvalue weighted by Crippen LogP contribution is 2.19. The van der Waals surface area contributed by atoms with E-state index in [0.717, 1.165) is 0 Å². The van der Waals surface area contributed by atoms with E-state index >= 15 is 0 Å². The van der Waals surface area contributed by atoms with Crippen LogP contribution < -0.4 is 5.32 Å². The summed E-state index contributed by atoms with van der Waals surface area (Å²) in [6.07, 6.45) is 0. The molecule has 0 aromatic heterocycles. The fraction of sp³-hybridized carbons (Fsp3) is 0.417. The zero-order chi connectivity index (χ0) is 13.2. The number of hydrogen-bond donors (Lipinski definition) is 1. The van der Waals surface area contributed by atoms with Crippen LogP contribution in [0.4, 0.5) is 4.39 Å². The van der Waals surface area contributed by atoms with E-state index < -0.39 is 17.3 Å². The molecule has 0 aliphatic heterocycles. The molecular formula is C12H14Br2FNO. The van der Waals surface area contributed by atoms with Gasteiger partial charge in [0.25, 0.3) is 5.91 Å². The first-order valence-corrected chi connectivity index (χ1v) is 6.86. The second kappa shape index (κ2) is 5.48. The predicted molar refractivity (Wildman–Crippen MR) is 74.0 cm³/mol. The monoisotopic (exact) mass is 365 g/mol. The van der Waals surface area contributed by atoms with Gasteiger partial charge in [-0.2, -0.15) is 0 Å². The van der Waals surface area contributed by atoms with Gasteiger partial charge in [0.15, 0.2) is 0 Å². The molecule has 94 valence electrons. The van der Waals surface area contributed by atoms with Crippen LogP contribution in [0.2, 0.25) is 0 Å². The average Bonchev–Trinajstić information content (AvgIpc) is 2.15. The Morgan fingerprint density at radius 1 is 1.47 bits per heavy atom. The van der Waals surface area contributed by atoms with Gasteiger partial charge in [0.1, 0.15) is 5.82 Å². The average molecular weight is 367 g/mol. The van der Waals surface area contributed by atoms with Crippen LogP contribution in [0.5, 0.6) is 0 Å². The SMILES string of the molecule is CC(Br)C(C)(C)NC(=O)c1ccc(Br)cc1F. The molecule has 5 heteroatoms. The van der Waals surface area contributed by atoms with Crippen LogP contribution >= 0.6 is 31.9 Å². The minimum atomic E-state index is -0.532. The molecule has 1 aromatic rings. The lowest BCUT2D eigenvalue weighted by Crippen LogP contribution is -2.49. The van der Waals surface area contributed by atoms with Crippen molar-refractivity contribution in [2.75, 3.05) is 0 Å². The van der Waals surface area contributed by atoms with Gasteiger partial charge in [-0.25, -0.2) is 4.39 Å². The summed E-state index contributed by atoms with van der Waals surface area (Å²) in [6, 6.07) is 4.38. The van der Waals surface area contributed by atoms with Gasteiger partial charge in [0, 0.05) is 14.8 Å². The van der Waals surface area contributed by atoms with E-state index in [4.69, 9.17) is 0 Å². The van der Waals surface area contributed by atoms with Crippen molar-refractivity contribution in [3.63, 3.8) is 0 Å². The molecule has 0 spiro atoms. The van der Waals surface area contributed by atoms with E-state index in [1.807, 2.05) is 20.8 Å². The largest absolute Gasteiger partial charge is 0.346 e. The highest BCUT2D eigenvalue weighted by molar-refractivity contribution is 9.10. The number of hydrogen-bond acceptors (Lipinski definition) is 1. The third-order valence-corrected chi connectivity index (χ3v) is 4.24. The number of benzene rings is 1. The van der Waals surface area contributed by atoms with Gasteiger partial charge in [-0.1, -0.05) is 38.8 Å². The first kappa shape index (κ1) is 14.6. The Labute approximate surface area is 117 Å². The van der Waals surface area contributed by atoms with Crippen LogP contribution in [-0.4, -0.2) is 16.3 Å². The van der Waals surface area contributed by atoms with Gasteiger partial charge in [-0.05, 0) is 32.0 Å². The predicted octanol–water partition coefficient (Wildman–Crippen LogP) is 3.88. The van der Waals surface area contributed by atoms with Crippen LogP contribution in [0.25, 0.3) is 0 Å². The van der Waals surface area contributed by atoms with Crippen LogP contribution in [0, 0.1) is 5.82 Å². The summed E-state index contributed by atoms with van der Waals surface area (Å²) >= 11 is 6.56. The van der Waals surface area contributed by atoms with Gasteiger partial charge >= 0.3 is 0 Å². The first-order valence-electron chi connectivity index (χ1n) is 5.15. The summed E-state index contributed by atoms with van der Waals surface area (Å²) < 4.78 is 14.2. The Morgan fingerprint density at radius 3 is 2.53 bits per heavy atom. The molecule has 1 amide bonds. The van der Waals surface area contributed by atoms with Crippen molar-refractivity contribution in [2.45, 2.75) is 31.1 Å². The Balaban J connectivity index is 2.91. The molecule has 0 fully saturated rings. The normalized spacial score (nSPS) is 13.3. The number of halogens is 3. The smallest absolute Gasteiger partial charge is 0.254 e. The Morgan fingerprint density at radius 2 is 2.06 bits per heavy atom. The van der Waals surface area contributed by atoms with E-state index in [1.54, 1.807) is 6.07 Å². The Hall–Kier alpha value is -0.420. The maximum atomic E-state index is 13.6. The number of alkyl halides is 1. The highest BCUT2D eigenvalue weighted by atomic mass is 79.9. The Bertz CT molecular complexity index is 433. The lowest BCUT2D eigenvalue weighted by atomic mass is 10.0. The number of carbonyl (C=O) groups excluding carboxylic acids is 1. The van der Waals surface area contributed by atoms with Crippen molar-refractivity contribution in [1.29, 1.82) is 0 Å². The van der Waals surface area contributed by atoms with Crippen molar-refractivity contribution in [3.8, 4) is 0 Å². The number of nitrogens with one attached hydrogen (secondary N) is 1. The van der Waals surface area contributed by atoms with E-state index in [-0.39, 0.29) is 10.4 Å². The molecule has 0 radical (unpaired) electrons. The third-order valence-electron chi connectivity index (χ3n) is 2.61. The standard InChI is InChI=1S/C12H14Br2FNO/c1-7(13)12(2,3)16-11(17)9-5-4-8(14)6-10(9)15/h4-7H,1-3H3,(H,16,17). The van der Waals surface area contributed by atoms with Gasteiger partial charge in [-0.15, -0.1) is 0 Å². The van der Waals surface area contributed by atoms with E-state index in [1.165, 1.54) is 12.1 Å². The molecule has 0 saturated heterocycles. The second-order valence-electron chi connectivity index (χ2n) is 4.42. The molecule has 1 rings (SSSR count). The van der Waals surface area contributed by atoms with E-state index in [2.05, 4.69) is 37.2 Å². The highest BCUT2D eigenvalue weighted by Gasteiger charge is 2.27. The summed E-state index contributed by atoms with van der Waals surface area (Å²) in [5.41, 5.74) is -0.397. The van der Waals surface area contributed by atoms with Crippen molar-refractivity contribution < 1.29 is 9.18 Å². The lowest BCUT2D eigenvalue weighted by molar-refractivity contribution is 0.0909. The fourth-order valence-electron chi connectivity index (χ4n) is 1.13. The number of amides is 1. The second-order valence-corrected chi connectivity index (χ2v) is 6.71. The molecule has 0 heterocycles. The molecule has 2 nitrogen and oxygen atoms in total. The van der Waals surface area contributed by atoms with Crippen molar-refractivity contribution in [1.82, 2.24) is 5.32 Å². The van der Waals surface area contributed by atoms with Gasteiger partial charge in [-0.3, -0.25) is 4.79 Å². The van der Waals surface area contributed by atoms with Crippen LogP contribution in [-0.2, 0) is 0 Å². The van der Waals surface area contributed by atoms with Crippen LogP contribution in [0.15, 0.2) is 22.7 Å². The maximum absolute atomic E-state index is 13.6. The zero-order valence-corrected chi connectivity index (χ0v) is 13.0. The molecular weight excluding hydrogens is 353 g/mol. The quantitative estimate of drug-likeness (QED) is 0.808. The first-order chi connectivity index (χ1) is 7.74. The van der Waals surface area contributed by atoms with Crippen molar-refractivity contribution >= 4 is 37.8 Å². The summed E-state index contributed by atoms with van der Waals surface area (Å²) in [4.78, 5) is 12.0. The zero-order valence-electron chi connectivity index (χ0n) is 9.85. The summed E-state index contributed by atoms with van der Waals surface area (Å²) in [5.74, 6) is -0.943. The minimum absolute atomic E-state index is 0.0504. The maximum Gasteiger partial charge on any atom is 0.254 e. The summed E-state index contributed by atoms with van der Waals surface area (Å²) in [5, 5.41) is 2.79. The molecule has 0 aliphatic carbocycles. The topological polar surface area (TPSA) is 29.1 Å². The molecule has 1 aromatic carbocycles. The molecule has 0 bridgehead atoms. The molecule has 1 atom stereocenters. The molecule has 1 unspecified atom stereocenters. The van der Waals surface area contributed by atoms with E-state index in [0.29, 0.717) is 4.47 Å². The van der Waals surface area contributed by atoms with Crippen molar-refractivity contribution in [3.05, 3.63) is 34.1 Å². The van der Waals surface area contributed by atoms with Crippen LogP contribution in [0.1, 0.15) is 31.1 Å². The number of rotatable bonds is 3. The molecule has 1 N–H and O–H groups in total. The van der Waals surface area contributed by atoms with Gasteiger partial charge in [0.2, 0.25) is 0 Å². The molecule has 0 saturated carbocycles.